The molecule has 3 heteroatoms. The van der Waals surface area contributed by atoms with Gasteiger partial charge >= 0.3 is 0 Å². The van der Waals surface area contributed by atoms with Crippen LogP contribution in [0.25, 0.3) is 0 Å². The monoisotopic (exact) mass is 256 g/mol. The Bertz CT molecular complexity index is 526. The van der Waals surface area contributed by atoms with Gasteiger partial charge < -0.3 is 10.1 Å². The zero-order valence-electron chi connectivity index (χ0n) is 11.7. The Morgan fingerprint density at radius 3 is 2.68 bits per heavy atom. The molecular formula is C16H20N2O. The average Bonchev–Trinajstić information content (AvgIpc) is 2.45. The summed E-state index contributed by atoms with van der Waals surface area (Å²) in [5.41, 5.74) is 3.55. The molecule has 2 rings (SSSR count). The van der Waals surface area contributed by atoms with Crippen LogP contribution in [0, 0.1) is 6.92 Å². The largest absolute Gasteiger partial charge is 0.496 e. The molecule has 0 spiro atoms. The van der Waals surface area contributed by atoms with E-state index in [1.165, 1.54) is 11.1 Å². The van der Waals surface area contributed by atoms with Crippen molar-refractivity contribution in [1.82, 2.24) is 10.3 Å². The molecule has 0 aliphatic heterocycles. The van der Waals surface area contributed by atoms with Crippen LogP contribution in [0.2, 0.25) is 0 Å². The summed E-state index contributed by atoms with van der Waals surface area (Å²) >= 11 is 0. The van der Waals surface area contributed by atoms with Gasteiger partial charge in [0.15, 0.2) is 0 Å². The van der Waals surface area contributed by atoms with Crippen molar-refractivity contribution in [3.8, 4) is 5.75 Å². The molecule has 2 aromatic rings. The number of benzene rings is 1. The highest BCUT2D eigenvalue weighted by Gasteiger charge is 2.14. The fourth-order valence-electron chi connectivity index (χ4n) is 2.26. The van der Waals surface area contributed by atoms with Crippen molar-refractivity contribution >= 4 is 0 Å². The lowest BCUT2D eigenvalue weighted by Crippen LogP contribution is -2.22. The lowest BCUT2D eigenvalue weighted by molar-refractivity contribution is 0.411. The van der Waals surface area contributed by atoms with Crippen LogP contribution in [-0.2, 0) is 0 Å². The number of hydrogen-bond acceptors (Lipinski definition) is 3. The van der Waals surface area contributed by atoms with Gasteiger partial charge in [-0.25, -0.2) is 0 Å². The summed E-state index contributed by atoms with van der Waals surface area (Å²) in [6.07, 6.45) is 3.71. The first-order valence-corrected chi connectivity index (χ1v) is 6.54. The highest BCUT2D eigenvalue weighted by molar-refractivity contribution is 5.40. The van der Waals surface area contributed by atoms with Crippen LogP contribution in [0.5, 0.6) is 5.75 Å². The van der Waals surface area contributed by atoms with E-state index < -0.39 is 0 Å². The maximum absolute atomic E-state index is 5.31. The van der Waals surface area contributed by atoms with Crippen molar-refractivity contribution in [2.75, 3.05) is 13.7 Å². The summed E-state index contributed by atoms with van der Waals surface area (Å²) in [6, 6.07) is 10.5. The highest BCUT2D eigenvalue weighted by Crippen LogP contribution is 2.26. The smallest absolute Gasteiger partial charge is 0.121 e. The van der Waals surface area contributed by atoms with E-state index >= 15 is 0 Å². The molecule has 1 N–H and O–H groups in total. The lowest BCUT2D eigenvalue weighted by Gasteiger charge is -2.19. The molecule has 19 heavy (non-hydrogen) atoms. The normalized spacial score (nSPS) is 12.2. The van der Waals surface area contributed by atoms with Gasteiger partial charge in [0.05, 0.1) is 13.2 Å². The Hall–Kier alpha value is -1.87. The van der Waals surface area contributed by atoms with E-state index in [-0.39, 0.29) is 6.04 Å². The first-order chi connectivity index (χ1) is 9.26. The number of hydrogen-bond donors (Lipinski definition) is 1. The number of aryl methyl sites for hydroxylation is 1. The zero-order chi connectivity index (χ0) is 13.7. The fourth-order valence-corrected chi connectivity index (χ4v) is 2.26. The minimum Gasteiger partial charge on any atom is -0.496 e. The SMILES string of the molecule is CCNC(c1cccnc1)c1ccc(OC)c(C)c1. The Balaban J connectivity index is 2.37. The average molecular weight is 256 g/mol. The summed E-state index contributed by atoms with van der Waals surface area (Å²) < 4.78 is 5.31. The molecule has 0 aliphatic carbocycles. The van der Waals surface area contributed by atoms with Crippen LogP contribution in [0.3, 0.4) is 0 Å². The van der Waals surface area contributed by atoms with Crippen LogP contribution >= 0.6 is 0 Å². The fraction of sp³-hybridized carbons (Fsp3) is 0.312. The number of nitrogens with one attached hydrogen (secondary N) is 1. The van der Waals surface area contributed by atoms with E-state index in [0.29, 0.717) is 0 Å². The summed E-state index contributed by atoms with van der Waals surface area (Å²) in [7, 11) is 1.70. The number of pyridine rings is 1. The number of aromatic nitrogens is 1. The highest BCUT2D eigenvalue weighted by atomic mass is 16.5. The maximum Gasteiger partial charge on any atom is 0.121 e. The topological polar surface area (TPSA) is 34.2 Å². The number of nitrogens with zero attached hydrogens (tertiary/aromatic N) is 1. The maximum atomic E-state index is 5.31. The molecule has 1 heterocycles. The first-order valence-electron chi connectivity index (χ1n) is 6.54. The number of rotatable bonds is 5. The molecule has 1 atom stereocenters. The van der Waals surface area contributed by atoms with Gasteiger partial charge in [0, 0.05) is 12.4 Å². The van der Waals surface area contributed by atoms with Crippen molar-refractivity contribution in [3.05, 3.63) is 59.4 Å². The van der Waals surface area contributed by atoms with E-state index in [1.54, 1.807) is 13.3 Å². The minimum absolute atomic E-state index is 0.170. The molecule has 0 aliphatic rings. The molecule has 0 amide bonds. The standard InChI is InChI=1S/C16H20N2O/c1-4-18-16(14-6-5-9-17-11-14)13-7-8-15(19-3)12(2)10-13/h5-11,16,18H,4H2,1-3H3. The quantitative estimate of drug-likeness (QED) is 0.892. The summed E-state index contributed by atoms with van der Waals surface area (Å²) in [5, 5.41) is 3.50. The second-order valence-corrected chi connectivity index (χ2v) is 4.51. The molecular weight excluding hydrogens is 236 g/mol. The van der Waals surface area contributed by atoms with Crippen molar-refractivity contribution < 1.29 is 4.74 Å². The van der Waals surface area contributed by atoms with E-state index in [2.05, 4.69) is 42.3 Å². The van der Waals surface area contributed by atoms with Gasteiger partial charge in [0.2, 0.25) is 0 Å². The van der Waals surface area contributed by atoms with E-state index in [1.807, 2.05) is 18.3 Å². The second-order valence-electron chi connectivity index (χ2n) is 4.51. The first kappa shape index (κ1) is 13.6. The molecule has 0 radical (unpaired) electrons. The van der Waals surface area contributed by atoms with Crippen LogP contribution in [0.4, 0.5) is 0 Å². The van der Waals surface area contributed by atoms with Crippen molar-refractivity contribution in [1.29, 1.82) is 0 Å². The van der Waals surface area contributed by atoms with Gasteiger partial charge in [0.1, 0.15) is 5.75 Å². The molecule has 1 unspecified atom stereocenters. The molecule has 0 saturated heterocycles. The molecule has 0 saturated carbocycles. The van der Waals surface area contributed by atoms with E-state index in [0.717, 1.165) is 17.9 Å². The summed E-state index contributed by atoms with van der Waals surface area (Å²) in [5.74, 6) is 0.921. The third-order valence-corrected chi connectivity index (χ3v) is 3.18. The van der Waals surface area contributed by atoms with Crippen LogP contribution < -0.4 is 10.1 Å². The van der Waals surface area contributed by atoms with Gasteiger partial charge in [-0.15, -0.1) is 0 Å². The molecule has 1 aromatic carbocycles. The van der Waals surface area contributed by atoms with Crippen molar-refractivity contribution in [2.24, 2.45) is 0 Å². The Labute approximate surface area is 114 Å². The number of ether oxygens (including phenoxy) is 1. The summed E-state index contributed by atoms with van der Waals surface area (Å²) in [4.78, 5) is 4.20. The Morgan fingerprint density at radius 2 is 2.11 bits per heavy atom. The number of methoxy groups -OCH3 is 1. The molecule has 3 nitrogen and oxygen atoms in total. The minimum atomic E-state index is 0.170. The Morgan fingerprint density at radius 1 is 1.26 bits per heavy atom. The van der Waals surface area contributed by atoms with Crippen LogP contribution in [-0.4, -0.2) is 18.6 Å². The van der Waals surface area contributed by atoms with Gasteiger partial charge in [-0.2, -0.15) is 0 Å². The Kier molecular flexibility index (Phi) is 4.53. The van der Waals surface area contributed by atoms with Crippen LogP contribution in [0.15, 0.2) is 42.7 Å². The lowest BCUT2D eigenvalue weighted by atomic mass is 9.98. The van der Waals surface area contributed by atoms with Crippen molar-refractivity contribution in [3.63, 3.8) is 0 Å². The third-order valence-electron chi connectivity index (χ3n) is 3.18. The molecule has 0 bridgehead atoms. The van der Waals surface area contributed by atoms with Crippen molar-refractivity contribution in [2.45, 2.75) is 19.9 Å². The molecule has 0 fully saturated rings. The molecule has 1 aromatic heterocycles. The zero-order valence-corrected chi connectivity index (χ0v) is 11.7. The summed E-state index contributed by atoms with van der Waals surface area (Å²) in [6.45, 7) is 5.08. The van der Waals surface area contributed by atoms with E-state index in [9.17, 15) is 0 Å². The predicted octanol–water partition coefficient (Wildman–Crippen LogP) is 3.10. The van der Waals surface area contributed by atoms with Gasteiger partial charge in [0.25, 0.3) is 0 Å². The van der Waals surface area contributed by atoms with Crippen LogP contribution in [0.1, 0.15) is 29.7 Å². The van der Waals surface area contributed by atoms with E-state index in [4.69, 9.17) is 4.74 Å². The molecule has 100 valence electrons. The van der Waals surface area contributed by atoms with Gasteiger partial charge in [-0.3, -0.25) is 4.98 Å². The predicted molar refractivity (Wildman–Crippen MR) is 77.5 cm³/mol. The van der Waals surface area contributed by atoms with Gasteiger partial charge in [-0.1, -0.05) is 25.1 Å². The second kappa shape index (κ2) is 6.34. The van der Waals surface area contributed by atoms with Gasteiger partial charge in [-0.05, 0) is 42.3 Å². The third kappa shape index (κ3) is 3.12.